The number of benzene rings is 2. The first-order chi connectivity index (χ1) is 17.0. The molecule has 188 valence electrons. The monoisotopic (exact) mass is 483 g/mol. The zero-order valence-electron chi connectivity index (χ0n) is 20.5. The molecule has 1 aliphatic carbocycles. The van der Waals surface area contributed by atoms with Crippen LogP contribution >= 0.6 is 0 Å². The molecular formula is C27H34FN3O4. The fourth-order valence-electron chi connectivity index (χ4n) is 5.23. The number of ether oxygens (including phenoxy) is 2. The van der Waals surface area contributed by atoms with Gasteiger partial charge >= 0.3 is 0 Å². The van der Waals surface area contributed by atoms with Crippen LogP contribution < -0.4 is 14.8 Å². The van der Waals surface area contributed by atoms with Crippen LogP contribution in [0.4, 0.5) is 4.39 Å². The van der Waals surface area contributed by atoms with E-state index in [1.807, 2.05) is 4.90 Å². The molecule has 0 radical (unpaired) electrons. The number of nitrogens with one attached hydrogen (secondary N) is 1. The largest absolute Gasteiger partial charge is 0.493 e. The topological polar surface area (TPSA) is 71.1 Å². The van der Waals surface area contributed by atoms with E-state index in [1.54, 1.807) is 50.6 Å². The van der Waals surface area contributed by atoms with Crippen molar-refractivity contribution in [3.63, 3.8) is 0 Å². The van der Waals surface area contributed by atoms with Gasteiger partial charge in [-0.2, -0.15) is 0 Å². The molecule has 1 unspecified atom stereocenters. The van der Waals surface area contributed by atoms with E-state index < -0.39 is 0 Å². The molecule has 1 atom stereocenters. The summed E-state index contributed by atoms with van der Waals surface area (Å²) in [4.78, 5) is 30.4. The number of amides is 2. The highest BCUT2D eigenvalue weighted by atomic mass is 19.1. The molecule has 4 rings (SSSR count). The standard InChI is InChI=1S/C27H34FN3O4/c1-34-23-12-11-20(17-24(23)35-2)27(33)31-15-13-30(14-16-31)25(19-7-3-4-8-19)26(32)29-18-21-9-5-6-10-22(21)28/h5-6,9-12,17,19,25H,3-4,7-8,13-16,18H2,1-2H3,(H,29,32). The van der Waals surface area contributed by atoms with Gasteiger partial charge in [0.25, 0.3) is 5.91 Å². The Balaban J connectivity index is 1.40. The van der Waals surface area contributed by atoms with Gasteiger partial charge in [0.2, 0.25) is 5.91 Å². The highest BCUT2D eigenvalue weighted by Crippen LogP contribution is 2.32. The molecule has 2 aromatic carbocycles. The van der Waals surface area contributed by atoms with Crippen LogP contribution in [-0.4, -0.2) is 68.1 Å². The van der Waals surface area contributed by atoms with E-state index in [9.17, 15) is 14.0 Å². The van der Waals surface area contributed by atoms with Crippen molar-refractivity contribution in [2.75, 3.05) is 40.4 Å². The highest BCUT2D eigenvalue weighted by Gasteiger charge is 2.37. The molecule has 1 N–H and O–H groups in total. The normalized spacial score (nSPS) is 17.7. The molecule has 1 saturated carbocycles. The minimum Gasteiger partial charge on any atom is -0.493 e. The second kappa shape index (κ2) is 11.5. The lowest BCUT2D eigenvalue weighted by Crippen LogP contribution is -2.57. The Hall–Kier alpha value is -3.13. The first kappa shape index (κ1) is 25.0. The van der Waals surface area contributed by atoms with E-state index in [-0.39, 0.29) is 36.1 Å². The Morgan fingerprint density at radius 1 is 1.00 bits per heavy atom. The molecule has 7 nitrogen and oxygen atoms in total. The van der Waals surface area contributed by atoms with Gasteiger partial charge in [0.05, 0.1) is 20.3 Å². The lowest BCUT2D eigenvalue weighted by atomic mass is 9.94. The van der Waals surface area contributed by atoms with Crippen LogP contribution in [0.3, 0.4) is 0 Å². The lowest BCUT2D eigenvalue weighted by Gasteiger charge is -2.40. The van der Waals surface area contributed by atoms with Crippen LogP contribution in [0.25, 0.3) is 0 Å². The number of piperazine rings is 1. The minimum atomic E-state index is -0.312. The van der Waals surface area contributed by atoms with E-state index in [1.165, 1.54) is 6.07 Å². The number of halogens is 1. The summed E-state index contributed by atoms with van der Waals surface area (Å²) in [6.07, 6.45) is 4.28. The lowest BCUT2D eigenvalue weighted by molar-refractivity contribution is -0.129. The van der Waals surface area contributed by atoms with Gasteiger partial charge < -0.3 is 19.7 Å². The van der Waals surface area contributed by atoms with Gasteiger partial charge in [-0.05, 0) is 43.0 Å². The summed E-state index contributed by atoms with van der Waals surface area (Å²) in [7, 11) is 3.11. The van der Waals surface area contributed by atoms with E-state index in [2.05, 4.69) is 10.2 Å². The molecule has 1 aliphatic heterocycles. The molecule has 8 heteroatoms. The van der Waals surface area contributed by atoms with Gasteiger partial charge in [-0.1, -0.05) is 31.0 Å². The summed E-state index contributed by atoms with van der Waals surface area (Å²) in [6, 6.07) is 11.4. The number of rotatable bonds is 8. The second-order valence-corrected chi connectivity index (χ2v) is 9.20. The average Bonchev–Trinajstić information content (AvgIpc) is 3.42. The van der Waals surface area contributed by atoms with E-state index in [4.69, 9.17) is 9.47 Å². The van der Waals surface area contributed by atoms with E-state index >= 15 is 0 Å². The quantitative estimate of drug-likeness (QED) is 0.623. The Morgan fingerprint density at radius 3 is 2.34 bits per heavy atom. The molecule has 0 aromatic heterocycles. The third kappa shape index (κ3) is 5.75. The van der Waals surface area contributed by atoms with Gasteiger partial charge in [0, 0.05) is 43.9 Å². The van der Waals surface area contributed by atoms with Crippen LogP contribution in [-0.2, 0) is 11.3 Å². The fraction of sp³-hybridized carbons (Fsp3) is 0.481. The molecule has 35 heavy (non-hydrogen) atoms. The number of carbonyl (C=O) groups excluding carboxylic acids is 2. The molecular weight excluding hydrogens is 449 g/mol. The zero-order chi connectivity index (χ0) is 24.8. The van der Waals surface area contributed by atoms with Crippen LogP contribution in [0.1, 0.15) is 41.6 Å². The van der Waals surface area contributed by atoms with Crippen LogP contribution in [0.5, 0.6) is 11.5 Å². The van der Waals surface area contributed by atoms with Gasteiger partial charge in [-0.3, -0.25) is 14.5 Å². The molecule has 2 aliphatic rings. The average molecular weight is 484 g/mol. The summed E-state index contributed by atoms with van der Waals surface area (Å²) in [5.41, 5.74) is 1.03. The third-order valence-corrected chi connectivity index (χ3v) is 7.15. The maximum Gasteiger partial charge on any atom is 0.254 e. The van der Waals surface area contributed by atoms with Crippen molar-refractivity contribution < 1.29 is 23.5 Å². The van der Waals surface area contributed by atoms with Crippen molar-refractivity contribution in [3.8, 4) is 11.5 Å². The Kier molecular flexibility index (Phi) is 8.23. The molecule has 2 aromatic rings. The molecule has 1 heterocycles. The first-order valence-electron chi connectivity index (χ1n) is 12.3. The minimum absolute atomic E-state index is 0.0557. The van der Waals surface area contributed by atoms with Gasteiger partial charge in [0.1, 0.15) is 5.82 Å². The van der Waals surface area contributed by atoms with Crippen molar-refractivity contribution in [1.29, 1.82) is 0 Å². The predicted molar refractivity (Wildman–Crippen MR) is 131 cm³/mol. The van der Waals surface area contributed by atoms with Crippen LogP contribution in [0.2, 0.25) is 0 Å². The first-order valence-corrected chi connectivity index (χ1v) is 12.3. The van der Waals surface area contributed by atoms with Gasteiger partial charge in [-0.25, -0.2) is 4.39 Å². The smallest absolute Gasteiger partial charge is 0.254 e. The zero-order valence-corrected chi connectivity index (χ0v) is 20.5. The summed E-state index contributed by atoms with van der Waals surface area (Å²) >= 11 is 0. The summed E-state index contributed by atoms with van der Waals surface area (Å²) in [5.74, 6) is 0.947. The molecule has 0 bridgehead atoms. The number of nitrogens with zero attached hydrogens (tertiary/aromatic N) is 2. The van der Waals surface area contributed by atoms with Crippen molar-refractivity contribution in [1.82, 2.24) is 15.1 Å². The number of hydrogen-bond donors (Lipinski definition) is 1. The van der Waals surface area contributed by atoms with Crippen molar-refractivity contribution in [2.24, 2.45) is 5.92 Å². The Morgan fingerprint density at radius 2 is 1.69 bits per heavy atom. The molecule has 1 saturated heterocycles. The van der Waals surface area contributed by atoms with Crippen molar-refractivity contribution >= 4 is 11.8 Å². The fourth-order valence-corrected chi connectivity index (χ4v) is 5.23. The molecule has 0 spiro atoms. The van der Waals surface area contributed by atoms with E-state index in [0.717, 1.165) is 25.7 Å². The Bertz CT molecular complexity index is 1030. The molecule has 2 amide bonds. The number of hydrogen-bond acceptors (Lipinski definition) is 5. The van der Waals surface area contributed by atoms with Crippen LogP contribution in [0, 0.1) is 11.7 Å². The van der Waals surface area contributed by atoms with Crippen LogP contribution in [0.15, 0.2) is 42.5 Å². The predicted octanol–water partition coefficient (Wildman–Crippen LogP) is 3.48. The van der Waals surface area contributed by atoms with Gasteiger partial charge in [-0.15, -0.1) is 0 Å². The number of carbonyl (C=O) groups is 2. The summed E-state index contributed by atoms with van der Waals surface area (Å²) in [5, 5.41) is 2.97. The maximum atomic E-state index is 14.0. The summed E-state index contributed by atoms with van der Waals surface area (Å²) in [6.45, 7) is 2.49. The van der Waals surface area contributed by atoms with E-state index in [0.29, 0.717) is 48.8 Å². The maximum absolute atomic E-state index is 14.0. The molecule has 2 fully saturated rings. The van der Waals surface area contributed by atoms with Gasteiger partial charge in [0.15, 0.2) is 11.5 Å². The highest BCUT2D eigenvalue weighted by molar-refractivity contribution is 5.95. The summed E-state index contributed by atoms with van der Waals surface area (Å²) < 4.78 is 24.6. The van der Waals surface area contributed by atoms with Crippen molar-refractivity contribution in [3.05, 3.63) is 59.4 Å². The Labute approximate surface area is 206 Å². The number of methoxy groups -OCH3 is 2. The second-order valence-electron chi connectivity index (χ2n) is 9.20. The third-order valence-electron chi connectivity index (χ3n) is 7.15. The van der Waals surface area contributed by atoms with Crippen molar-refractivity contribution in [2.45, 2.75) is 38.3 Å². The SMILES string of the molecule is COc1ccc(C(=O)N2CCN(C(C(=O)NCc3ccccc3F)C3CCCC3)CC2)cc1OC.